The average molecular weight is 1900 g/mol. The fourth-order valence-electron chi connectivity index (χ4n) is 12.7. The van der Waals surface area contributed by atoms with E-state index in [1.165, 1.54) is 98.8 Å². The summed E-state index contributed by atoms with van der Waals surface area (Å²) < 4.78 is 0. The molecular formula is C105H155Cl5N5O5P5. The Morgan fingerprint density at radius 1 is 0.232 bits per heavy atom. The summed E-state index contributed by atoms with van der Waals surface area (Å²) in [4.78, 5) is 0. The minimum Gasteiger partial charge on any atom is -0.507 e. The summed E-state index contributed by atoms with van der Waals surface area (Å²) in [6.45, 7) is 73.6. The minimum atomic E-state index is -0.104. The first-order valence-corrected chi connectivity index (χ1v) is 47.5. The third kappa shape index (κ3) is 40.5. The van der Waals surface area contributed by atoms with Crippen LogP contribution in [-0.2, 0) is 49.0 Å². The molecule has 0 bridgehead atoms. The zero-order chi connectivity index (χ0) is 90.0. The maximum Gasteiger partial charge on any atom is 0.127 e. The molecule has 10 aromatic carbocycles. The van der Waals surface area contributed by atoms with Crippen LogP contribution >= 0.6 is 105 Å². The van der Waals surface area contributed by atoms with E-state index in [1.54, 1.807) is 12.1 Å². The first-order chi connectivity index (χ1) is 55.3. The highest BCUT2D eigenvalue weighted by Gasteiger charge is 2.27. The third-order valence-electron chi connectivity index (χ3n) is 20.1. The molecular weight excluding hydrogens is 1740 g/mol. The van der Waals surface area contributed by atoms with Crippen molar-refractivity contribution in [2.75, 3.05) is 0 Å². The van der Waals surface area contributed by atoms with Crippen LogP contribution in [0.5, 0.6) is 28.7 Å². The van der Waals surface area contributed by atoms with Crippen LogP contribution in [-0.4, -0.2) is 53.2 Å². The van der Waals surface area contributed by atoms with Gasteiger partial charge in [0.25, 0.3) is 0 Å². The lowest BCUT2D eigenvalue weighted by Crippen LogP contribution is -2.36. The summed E-state index contributed by atoms with van der Waals surface area (Å²) in [5.74, 6) is 2.10. The topological polar surface area (TPSA) is 161 Å². The number of hydrogen-bond acceptors (Lipinski definition) is 10. The fourth-order valence-corrected chi connectivity index (χ4v) is 19.2. The lowest BCUT2D eigenvalue weighted by Gasteiger charge is -2.28. The first kappa shape index (κ1) is 118. The smallest absolute Gasteiger partial charge is 0.127 e. The van der Waals surface area contributed by atoms with Crippen molar-refractivity contribution in [1.29, 1.82) is 0 Å². The SMILES string of the molecule is Cc1cc(C(C)(C)C)cc(Pc2c(C)cccc2CNC(C)(C)C)c1O.Cc1ccc(Pc2cc(C)ccc2O)c(CNC(C)(C)C)c1.Cc1ccc(Pc2cccc(C)c2O)c(CNC(C)(C)C)c1.Cc1ccc(Pc2ccccc2O)c(CNC(C)(C)C)c1.Cc1cccc(CNC(C)(C)C)c1Pc1cc(C(C)(C)C)cc(C(C)(C)C)c1O.Cl.Cl.Cl.Cl.Cl. The van der Waals surface area contributed by atoms with Gasteiger partial charge < -0.3 is 52.1 Å². The molecule has 0 heterocycles. The van der Waals surface area contributed by atoms with Crippen LogP contribution in [0.25, 0.3) is 0 Å². The highest BCUT2D eigenvalue weighted by atomic mass is 35.5. The second-order valence-corrected chi connectivity index (χ2v) is 47.3. The first-order valence-electron chi connectivity index (χ1n) is 42.5. The lowest BCUT2D eigenvalue weighted by atomic mass is 9.80. The number of hydrogen-bond donors (Lipinski definition) is 10. The molecule has 0 fully saturated rings. The van der Waals surface area contributed by atoms with Crippen LogP contribution in [0.2, 0.25) is 0 Å². The minimum absolute atomic E-state index is 0. The molecule has 0 saturated carbocycles. The van der Waals surface area contributed by atoms with E-state index in [2.05, 4.69) is 356 Å². The quantitative estimate of drug-likeness (QED) is 0.0333. The zero-order valence-corrected chi connectivity index (χ0v) is 90.1. The Labute approximate surface area is 795 Å². The van der Waals surface area contributed by atoms with Crippen LogP contribution in [0.4, 0.5) is 0 Å². The fraction of sp³-hybridized carbons (Fsp3) is 0.429. The molecule has 0 aliphatic carbocycles. The van der Waals surface area contributed by atoms with Gasteiger partial charge in [-0.3, -0.25) is 0 Å². The van der Waals surface area contributed by atoms with Gasteiger partial charge >= 0.3 is 0 Å². The van der Waals surface area contributed by atoms with Crippen molar-refractivity contribution in [2.45, 2.75) is 298 Å². The van der Waals surface area contributed by atoms with Gasteiger partial charge in [-0.05, 0) is 294 Å². The molecule has 10 aromatic rings. The zero-order valence-electron chi connectivity index (χ0n) is 81.1. The monoisotopic (exact) mass is 1900 g/mol. The van der Waals surface area contributed by atoms with E-state index >= 15 is 0 Å². The van der Waals surface area contributed by atoms with E-state index in [4.69, 9.17) is 0 Å². The van der Waals surface area contributed by atoms with Gasteiger partial charge in [0.05, 0.1) is 0 Å². The van der Waals surface area contributed by atoms with Gasteiger partial charge in [-0.2, -0.15) is 0 Å². The Morgan fingerprint density at radius 2 is 0.536 bits per heavy atom. The number of para-hydroxylation sites is 2. The number of rotatable bonds is 20. The second kappa shape index (κ2) is 50.8. The molecule has 5 unspecified atom stereocenters. The molecule has 0 aliphatic rings. The maximum absolute atomic E-state index is 11.2. The van der Waals surface area contributed by atoms with Gasteiger partial charge in [0, 0.05) is 92.5 Å². The van der Waals surface area contributed by atoms with Gasteiger partial charge in [0.15, 0.2) is 0 Å². The Morgan fingerprint density at radius 3 is 0.912 bits per heavy atom. The molecule has 10 rings (SSSR count). The standard InChI is InChI=1S/C26H40NOP.C23H34NOP.2C19H26NOP.C18H24NOP.5ClH/c1-17-12-11-13-18(16-27-26(8,9)10)23(17)29-21-15-19(24(2,3)4)14-20(22(21)28)25(5,6)7;1-15-10-9-11-17(14-24-23(6,7)8)21(15)26-19-13-18(22(3,4)5)12-16(2)20(19)25;1-13-7-9-17(15(10-13)12-20-19(3,4)5)22-18-11-14(2)6-8-16(18)21;1-13-9-10-16(15(11-13)12-20-19(3,4)5)22-17-8-6-7-14(2)18(17)21;1-13-9-10-16(14(11-13)12-19-18(2,3)4)21-17-8-6-5-7-15(17)20;;;;;/h11-15,27-29H,16H2,1-10H3;9-13,24-26H,14H2,1-8H3;2*6-11,20-22H,12H2,1-5H3;5-11,19-21H,12H2,1-4H3;5*1H. The van der Waals surface area contributed by atoms with Crippen LogP contribution in [0.1, 0.15) is 255 Å². The van der Waals surface area contributed by atoms with E-state index in [-0.39, 0.29) is 106 Å². The normalized spacial score (nSPS) is 12.2. The predicted octanol–water partition coefficient (Wildman–Crippen LogP) is 23.0. The number of phenols is 5. The Balaban J connectivity index is 0.000000777. The van der Waals surface area contributed by atoms with Crippen molar-refractivity contribution in [3.8, 4) is 28.7 Å². The number of phenolic OH excluding ortho intramolecular Hbond substituents is 5. The summed E-state index contributed by atoms with van der Waals surface area (Å²) in [6.07, 6.45) is 0. The molecule has 10 N–H and O–H groups in total. The maximum atomic E-state index is 11.2. The molecule has 10 nitrogen and oxygen atoms in total. The molecule has 0 amide bonds. The van der Waals surface area contributed by atoms with Crippen molar-refractivity contribution in [1.82, 2.24) is 26.6 Å². The van der Waals surface area contributed by atoms with E-state index in [0.717, 1.165) is 75.9 Å². The van der Waals surface area contributed by atoms with E-state index < -0.39 is 0 Å². The van der Waals surface area contributed by atoms with E-state index in [0.29, 0.717) is 71.7 Å². The summed E-state index contributed by atoms with van der Waals surface area (Å²) in [5.41, 5.74) is 20.1. The Hall–Kier alpha value is -5.40. The van der Waals surface area contributed by atoms with Gasteiger partial charge in [-0.1, -0.05) is 273 Å². The van der Waals surface area contributed by atoms with Crippen molar-refractivity contribution in [3.63, 3.8) is 0 Å². The number of aryl methyl sites for hydroxylation is 8. The Bertz CT molecular complexity index is 4990. The van der Waals surface area contributed by atoms with Crippen molar-refractivity contribution < 1.29 is 25.5 Å². The van der Waals surface area contributed by atoms with E-state index in [9.17, 15) is 25.5 Å². The van der Waals surface area contributed by atoms with Gasteiger partial charge in [0.1, 0.15) is 28.7 Å². The molecule has 0 saturated heterocycles. The van der Waals surface area contributed by atoms with E-state index in [1.807, 2.05) is 56.3 Å². The summed E-state index contributed by atoms with van der Waals surface area (Å²) in [6, 6.07) is 60.8. The number of nitrogens with one attached hydrogen (secondary N) is 5. The molecule has 5 atom stereocenters. The third-order valence-corrected chi connectivity index (χ3v) is 27.7. The number of halogens is 5. The Kier molecular flexibility index (Phi) is 47.8. The number of benzene rings is 10. The van der Waals surface area contributed by atoms with Crippen LogP contribution in [0, 0.1) is 55.4 Å². The van der Waals surface area contributed by atoms with Crippen LogP contribution in [0.15, 0.2) is 176 Å². The van der Waals surface area contributed by atoms with Crippen molar-refractivity contribution >= 4 is 158 Å². The lowest BCUT2D eigenvalue weighted by molar-refractivity contribution is 0.424. The highest BCUT2D eigenvalue weighted by molar-refractivity contribution is 7.57. The van der Waals surface area contributed by atoms with Crippen LogP contribution < -0.4 is 79.6 Å². The summed E-state index contributed by atoms with van der Waals surface area (Å²) >= 11 is 0. The molecule has 0 aliphatic heterocycles. The molecule has 0 spiro atoms. The van der Waals surface area contributed by atoms with Crippen LogP contribution in [0.3, 0.4) is 0 Å². The van der Waals surface area contributed by atoms with Crippen molar-refractivity contribution in [3.05, 3.63) is 265 Å². The summed E-state index contributed by atoms with van der Waals surface area (Å²) in [7, 11) is 2.29. The molecule has 690 valence electrons. The number of aromatic hydroxyl groups is 5. The molecule has 0 aromatic heterocycles. The van der Waals surface area contributed by atoms with Crippen molar-refractivity contribution in [2.24, 2.45) is 0 Å². The van der Waals surface area contributed by atoms with Gasteiger partial charge in [-0.15, -0.1) is 62.0 Å². The second-order valence-electron chi connectivity index (χ2n) is 40.7. The molecule has 20 heteroatoms. The largest absolute Gasteiger partial charge is 0.507 e. The van der Waals surface area contributed by atoms with Gasteiger partial charge in [-0.25, -0.2) is 0 Å². The average Bonchev–Trinajstić information content (AvgIpc) is 0.777. The van der Waals surface area contributed by atoms with Gasteiger partial charge in [0.2, 0.25) is 0 Å². The predicted molar refractivity (Wildman–Crippen MR) is 574 cm³/mol. The summed E-state index contributed by atoms with van der Waals surface area (Å²) in [5, 5.41) is 81.8. The molecule has 125 heavy (non-hydrogen) atoms. The molecule has 0 radical (unpaired) electrons. The highest BCUT2D eigenvalue weighted by Crippen LogP contribution is 2.38.